The first-order chi connectivity index (χ1) is 19.2. The van der Waals surface area contributed by atoms with E-state index in [1.807, 2.05) is 24.3 Å². The number of aryl methyl sites for hydroxylation is 1. The lowest BCUT2D eigenvalue weighted by atomic mass is 9.88. The molecule has 3 aromatic carbocycles. The number of aliphatic carboxylic acids is 1. The number of ether oxygens (including phenoxy) is 1. The van der Waals surface area contributed by atoms with Crippen molar-refractivity contribution in [2.24, 2.45) is 0 Å². The molecule has 0 radical (unpaired) electrons. The minimum atomic E-state index is -1.65. The monoisotopic (exact) mass is 572 g/mol. The Balaban J connectivity index is 1.31. The van der Waals surface area contributed by atoms with Crippen LogP contribution in [0.2, 0.25) is 0 Å². The largest absolute Gasteiger partial charge is 0.489 e. The normalized spacial score (nSPS) is 17.1. The molecule has 0 saturated carbocycles. The molecule has 5 nitrogen and oxygen atoms in total. The lowest BCUT2D eigenvalue weighted by molar-refractivity contribution is -0.137. The molecule has 2 unspecified atom stereocenters. The molecule has 1 aliphatic heterocycles. The topological polar surface area (TPSA) is 87.0 Å². The van der Waals surface area contributed by atoms with Crippen molar-refractivity contribution in [3.63, 3.8) is 0 Å². The lowest BCUT2D eigenvalue weighted by Gasteiger charge is -2.32. The van der Waals surface area contributed by atoms with E-state index in [1.165, 1.54) is 38.5 Å². The quantitative estimate of drug-likeness (QED) is 0.152. The molecular weight excluding hydrogens is 540 g/mol. The summed E-state index contributed by atoms with van der Waals surface area (Å²) in [6.07, 6.45) is 1.26. The number of benzene rings is 3. The predicted molar refractivity (Wildman–Crippen MR) is 163 cm³/mol. The summed E-state index contributed by atoms with van der Waals surface area (Å²) in [5, 5.41) is 31.1. The Hall–Kier alpha value is -3.28. The van der Waals surface area contributed by atoms with Crippen LogP contribution in [0.5, 0.6) is 5.75 Å². The fraction of sp³-hybridized carbons (Fsp3) is 0.303. The molecule has 0 bridgehead atoms. The summed E-state index contributed by atoms with van der Waals surface area (Å²) in [6, 6.07) is 20.4. The predicted octanol–water partition coefficient (Wildman–Crippen LogP) is 7.29. The molecule has 1 fully saturated rings. The smallest absolute Gasteiger partial charge is 0.304 e. The number of thiophene rings is 1. The third kappa shape index (κ3) is 6.54. The van der Waals surface area contributed by atoms with Gasteiger partial charge in [-0.05, 0) is 89.4 Å². The van der Waals surface area contributed by atoms with Gasteiger partial charge in [-0.2, -0.15) is 0 Å². The fourth-order valence-corrected chi connectivity index (χ4v) is 7.30. The van der Waals surface area contributed by atoms with E-state index in [-0.39, 0.29) is 18.3 Å². The Morgan fingerprint density at radius 3 is 2.60 bits per heavy atom. The van der Waals surface area contributed by atoms with Crippen LogP contribution >= 0.6 is 23.1 Å². The van der Waals surface area contributed by atoms with Crippen molar-refractivity contribution in [3.8, 4) is 28.7 Å². The van der Waals surface area contributed by atoms with Gasteiger partial charge in [0.15, 0.2) is 0 Å². The number of hydrogen-bond donors (Lipinski definition) is 3. The van der Waals surface area contributed by atoms with Crippen molar-refractivity contribution in [3.05, 3.63) is 88.3 Å². The van der Waals surface area contributed by atoms with Gasteiger partial charge in [0.2, 0.25) is 5.12 Å². The maximum Gasteiger partial charge on any atom is 0.304 e. The number of thioether (sulfide) groups is 1. The van der Waals surface area contributed by atoms with Gasteiger partial charge in [0.05, 0.1) is 12.3 Å². The highest BCUT2D eigenvalue weighted by Gasteiger charge is 2.33. The summed E-state index contributed by atoms with van der Waals surface area (Å²) in [4.78, 5) is 11.2. The molecule has 5 rings (SSSR count). The molecule has 7 heteroatoms. The zero-order chi connectivity index (χ0) is 28.3. The first-order valence-electron chi connectivity index (χ1n) is 13.3. The highest BCUT2D eigenvalue weighted by molar-refractivity contribution is 8.00. The summed E-state index contributed by atoms with van der Waals surface area (Å²) in [5.74, 6) is 6.19. The van der Waals surface area contributed by atoms with Gasteiger partial charge in [-0.3, -0.25) is 4.79 Å². The standard InChI is InChI=1S/C33H32O5S2/c1-3-4-24(17-32(34)35)23-6-9-27(10-7-23)38-19-22-5-12-31-29(16-22)30(20-39-31)28-11-8-25(15-21(28)2)26-13-14-40-33(36,37)18-26/h5-12,15-16,20,24,26,36-37H,13-14,17-19H2,1-2H3,(H,34,35). The van der Waals surface area contributed by atoms with Gasteiger partial charge in [-0.15, -0.1) is 17.3 Å². The van der Waals surface area contributed by atoms with Crippen molar-refractivity contribution < 1.29 is 24.9 Å². The van der Waals surface area contributed by atoms with Crippen LogP contribution in [-0.4, -0.2) is 32.2 Å². The number of carboxylic acids is 1. The molecule has 0 amide bonds. The van der Waals surface area contributed by atoms with Gasteiger partial charge in [0.1, 0.15) is 12.4 Å². The van der Waals surface area contributed by atoms with Crippen LogP contribution in [0, 0.1) is 18.8 Å². The molecule has 0 aliphatic carbocycles. The second-order valence-corrected chi connectivity index (χ2v) is 12.5. The van der Waals surface area contributed by atoms with Crippen LogP contribution in [0.4, 0.5) is 0 Å². The number of hydrogen-bond acceptors (Lipinski definition) is 6. The Kier molecular flexibility index (Phi) is 8.53. The average Bonchev–Trinajstić information content (AvgIpc) is 3.34. The second kappa shape index (κ2) is 12.1. The van der Waals surface area contributed by atoms with Gasteiger partial charge < -0.3 is 20.1 Å². The lowest BCUT2D eigenvalue weighted by Crippen LogP contribution is -2.31. The van der Waals surface area contributed by atoms with Crippen molar-refractivity contribution in [2.45, 2.75) is 56.7 Å². The van der Waals surface area contributed by atoms with Crippen molar-refractivity contribution in [2.75, 3.05) is 5.75 Å². The van der Waals surface area contributed by atoms with E-state index in [4.69, 9.17) is 4.74 Å². The van der Waals surface area contributed by atoms with Gasteiger partial charge >= 0.3 is 5.97 Å². The summed E-state index contributed by atoms with van der Waals surface area (Å²) >= 11 is 2.93. The van der Waals surface area contributed by atoms with E-state index < -0.39 is 11.1 Å². The molecule has 40 heavy (non-hydrogen) atoms. The Bertz CT molecular complexity index is 1580. The number of aliphatic hydroxyl groups is 2. The minimum absolute atomic E-state index is 0.0298. The Morgan fingerprint density at radius 2 is 1.90 bits per heavy atom. The fourth-order valence-electron chi connectivity index (χ4n) is 5.31. The second-order valence-electron chi connectivity index (χ2n) is 10.2. The molecule has 0 spiro atoms. The van der Waals surface area contributed by atoms with Crippen LogP contribution in [-0.2, 0) is 11.4 Å². The molecule has 1 aromatic heterocycles. The van der Waals surface area contributed by atoms with Gasteiger partial charge in [0, 0.05) is 22.1 Å². The Morgan fingerprint density at radius 1 is 1.10 bits per heavy atom. The van der Waals surface area contributed by atoms with Crippen LogP contribution in [0.3, 0.4) is 0 Å². The zero-order valence-corrected chi connectivity index (χ0v) is 24.1. The van der Waals surface area contributed by atoms with E-state index >= 15 is 0 Å². The molecule has 2 heterocycles. The number of carbonyl (C=O) groups is 1. The third-order valence-electron chi connectivity index (χ3n) is 7.35. The number of fused-ring (bicyclic) bond motifs is 1. The molecule has 3 N–H and O–H groups in total. The van der Waals surface area contributed by atoms with E-state index in [0.29, 0.717) is 13.0 Å². The van der Waals surface area contributed by atoms with Crippen LogP contribution in [0.25, 0.3) is 21.2 Å². The third-order valence-corrected chi connectivity index (χ3v) is 9.38. The average molecular weight is 573 g/mol. The molecule has 4 aromatic rings. The van der Waals surface area contributed by atoms with Crippen molar-refractivity contribution >= 4 is 39.2 Å². The SMILES string of the molecule is CC#CC(CC(=O)O)c1ccc(OCc2ccc3scc(-c4ccc(C5CCSC(O)(O)C5)cc4C)c3c2)cc1. The van der Waals surface area contributed by atoms with E-state index in [1.54, 1.807) is 18.3 Å². The first-order valence-corrected chi connectivity index (χ1v) is 15.2. The molecule has 206 valence electrons. The summed E-state index contributed by atoms with van der Waals surface area (Å²) in [6.45, 7) is 4.25. The summed E-state index contributed by atoms with van der Waals surface area (Å²) < 4.78 is 7.28. The van der Waals surface area contributed by atoms with Crippen LogP contribution in [0.15, 0.2) is 66.0 Å². The number of rotatable bonds is 8. The van der Waals surface area contributed by atoms with Gasteiger partial charge in [-0.25, -0.2) is 0 Å². The summed E-state index contributed by atoms with van der Waals surface area (Å²) in [7, 11) is 0. The molecule has 2 atom stereocenters. The molecular formula is C33H32O5S2. The maximum absolute atomic E-state index is 11.2. The van der Waals surface area contributed by atoms with Gasteiger partial charge in [0.25, 0.3) is 0 Å². The number of carboxylic acid groups (broad SMARTS) is 1. The highest BCUT2D eigenvalue weighted by atomic mass is 32.2. The summed E-state index contributed by atoms with van der Waals surface area (Å²) in [5.41, 5.74) is 6.63. The van der Waals surface area contributed by atoms with Crippen LogP contribution in [0.1, 0.15) is 60.3 Å². The van der Waals surface area contributed by atoms with Crippen molar-refractivity contribution in [1.29, 1.82) is 0 Å². The molecule has 1 aliphatic rings. The van der Waals surface area contributed by atoms with E-state index in [9.17, 15) is 20.1 Å². The maximum atomic E-state index is 11.2. The van der Waals surface area contributed by atoms with E-state index in [0.717, 1.165) is 34.6 Å². The first kappa shape index (κ1) is 28.3. The van der Waals surface area contributed by atoms with Crippen LogP contribution < -0.4 is 4.74 Å². The zero-order valence-electron chi connectivity index (χ0n) is 22.5. The molecule has 1 saturated heterocycles. The van der Waals surface area contributed by atoms with E-state index in [2.05, 4.69) is 60.5 Å². The van der Waals surface area contributed by atoms with Crippen molar-refractivity contribution in [1.82, 2.24) is 0 Å². The van der Waals surface area contributed by atoms with Gasteiger partial charge in [-0.1, -0.05) is 54.1 Å². The minimum Gasteiger partial charge on any atom is -0.489 e. The highest BCUT2D eigenvalue weighted by Crippen LogP contribution is 2.42. The Labute approximate surface area is 242 Å².